The minimum atomic E-state index is 0.0297. The Kier molecular flexibility index (Phi) is 9.91. The lowest BCUT2D eigenvalue weighted by atomic mass is 10.0. The summed E-state index contributed by atoms with van der Waals surface area (Å²) in [5, 5.41) is 0. The van der Waals surface area contributed by atoms with E-state index in [0.717, 1.165) is 12.8 Å². The summed E-state index contributed by atoms with van der Waals surface area (Å²) in [5.41, 5.74) is 5.56. The van der Waals surface area contributed by atoms with Gasteiger partial charge in [0.2, 0.25) is 0 Å². The number of carbonyl (C=O) groups is 1. The second kappa shape index (κ2) is 10.2. The fourth-order valence-corrected chi connectivity index (χ4v) is 1.74. The molecule has 0 bridgehead atoms. The zero-order valence-corrected chi connectivity index (χ0v) is 10.4. The third kappa shape index (κ3) is 11.6. The van der Waals surface area contributed by atoms with Crippen molar-refractivity contribution in [3.63, 3.8) is 0 Å². The summed E-state index contributed by atoms with van der Waals surface area (Å²) in [4.78, 5) is 11.3. The number of ketones is 1. The molecular weight excluding hydrogens is 186 g/mol. The van der Waals surface area contributed by atoms with Gasteiger partial charge in [-0.2, -0.15) is 0 Å². The first-order valence-electron chi connectivity index (χ1n) is 6.44. The lowest BCUT2D eigenvalue weighted by molar-refractivity contribution is -0.119. The van der Waals surface area contributed by atoms with Crippen LogP contribution in [-0.4, -0.2) is 11.8 Å². The van der Waals surface area contributed by atoms with Crippen LogP contribution in [0, 0.1) is 0 Å². The molecule has 0 rings (SSSR count). The van der Waals surface area contributed by atoms with E-state index in [1.165, 1.54) is 38.5 Å². The van der Waals surface area contributed by atoms with Crippen LogP contribution < -0.4 is 5.73 Å². The van der Waals surface area contributed by atoms with E-state index in [2.05, 4.69) is 6.92 Å². The summed E-state index contributed by atoms with van der Waals surface area (Å²) < 4.78 is 0. The Morgan fingerprint density at radius 3 is 2.13 bits per heavy atom. The van der Waals surface area contributed by atoms with E-state index in [9.17, 15) is 4.79 Å². The van der Waals surface area contributed by atoms with Crippen LogP contribution in [0.2, 0.25) is 0 Å². The van der Waals surface area contributed by atoms with Crippen LogP contribution in [0.15, 0.2) is 0 Å². The molecular formula is C13H27NO. The molecule has 0 aromatic carbocycles. The molecule has 90 valence electrons. The highest BCUT2D eigenvalue weighted by Crippen LogP contribution is 2.09. The Labute approximate surface area is 94.6 Å². The Morgan fingerprint density at radius 2 is 1.60 bits per heavy atom. The second-order valence-corrected chi connectivity index (χ2v) is 4.59. The van der Waals surface area contributed by atoms with Crippen LogP contribution in [0.25, 0.3) is 0 Å². The number of carbonyl (C=O) groups excluding carboxylic acids is 1. The standard InChI is InChI=1S/C13H27NO/c1-3-4-5-6-7-8-9-10-13(15)11-12(2)14/h12H,3-11,14H2,1-2H3. The number of Topliss-reactive ketones (excluding diaryl/α,β-unsaturated/α-hetero) is 1. The van der Waals surface area contributed by atoms with Crippen molar-refractivity contribution in [1.29, 1.82) is 0 Å². The largest absolute Gasteiger partial charge is 0.328 e. The molecule has 0 aliphatic carbocycles. The zero-order valence-electron chi connectivity index (χ0n) is 10.4. The first-order chi connectivity index (χ1) is 7.16. The van der Waals surface area contributed by atoms with Crippen molar-refractivity contribution in [3.8, 4) is 0 Å². The summed E-state index contributed by atoms with van der Waals surface area (Å²) >= 11 is 0. The van der Waals surface area contributed by atoms with E-state index < -0.39 is 0 Å². The molecule has 1 atom stereocenters. The normalized spacial score (nSPS) is 12.7. The fourth-order valence-electron chi connectivity index (χ4n) is 1.74. The molecule has 0 spiro atoms. The Hall–Kier alpha value is -0.370. The number of rotatable bonds is 10. The number of hydrogen-bond acceptors (Lipinski definition) is 2. The van der Waals surface area contributed by atoms with Crippen LogP contribution in [0.3, 0.4) is 0 Å². The van der Waals surface area contributed by atoms with E-state index in [4.69, 9.17) is 5.73 Å². The van der Waals surface area contributed by atoms with Gasteiger partial charge in [-0.1, -0.05) is 45.4 Å². The zero-order chi connectivity index (χ0) is 11.5. The van der Waals surface area contributed by atoms with E-state index in [0.29, 0.717) is 12.2 Å². The molecule has 1 unspecified atom stereocenters. The Morgan fingerprint density at radius 1 is 1.07 bits per heavy atom. The molecule has 2 N–H and O–H groups in total. The number of hydrogen-bond donors (Lipinski definition) is 1. The maximum Gasteiger partial charge on any atom is 0.134 e. The summed E-state index contributed by atoms with van der Waals surface area (Å²) in [5.74, 6) is 0.332. The van der Waals surface area contributed by atoms with Crippen LogP contribution in [0.4, 0.5) is 0 Å². The lowest BCUT2D eigenvalue weighted by Crippen LogP contribution is -2.19. The van der Waals surface area contributed by atoms with Crippen LogP contribution in [0.1, 0.15) is 71.6 Å². The van der Waals surface area contributed by atoms with Gasteiger partial charge in [-0.25, -0.2) is 0 Å². The van der Waals surface area contributed by atoms with Gasteiger partial charge in [0.05, 0.1) is 0 Å². The third-order valence-corrected chi connectivity index (χ3v) is 2.61. The van der Waals surface area contributed by atoms with Crippen molar-refractivity contribution in [3.05, 3.63) is 0 Å². The van der Waals surface area contributed by atoms with Gasteiger partial charge < -0.3 is 5.73 Å². The molecule has 0 fully saturated rings. The van der Waals surface area contributed by atoms with Gasteiger partial charge in [-0.05, 0) is 13.3 Å². The van der Waals surface area contributed by atoms with Crippen LogP contribution in [-0.2, 0) is 4.79 Å². The highest BCUT2D eigenvalue weighted by atomic mass is 16.1. The van der Waals surface area contributed by atoms with Crippen LogP contribution >= 0.6 is 0 Å². The predicted octanol–water partition coefficient (Wildman–Crippen LogP) is 3.43. The van der Waals surface area contributed by atoms with Crippen molar-refractivity contribution in [2.75, 3.05) is 0 Å². The molecule has 0 aromatic heterocycles. The van der Waals surface area contributed by atoms with E-state index in [-0.39, 0.29) is 6.04 Å². The van der Waals surface area contributed by atoms with Gasteiger partial charge in [0.25, 0.3) is 0 Å². The van der Waals surface area contributed by atoms with Crippen molar-refractivity contribution in [2.45, 2.75) is 77.7 Å². The average molecular weight is 213 g/mol. The Balaban J connectivity index is 3.13. The molecule has 2 nitrogen and oxygen atoms in total. The van der Waals surface area contributed by atoms with Crippen molar-refractivity contribution >= 4 is 5.78 Å². The summed E-state index contributed by atoms with van der Waals surface area (Å²) in [6.45, 7) is 4.12. The number of nitrogens with two attached hydrogens (primary N) is 1. The maximum atomic E-state index is 11.3. The van der Waals surface area contributed by atoms with Crippen molar-refractivity contribution < 1.29 is 4.79 Å². The molecule has 0 saturated carbocycles. The molecule has 0 aliphatic heterocycles. The fraction of sp³-hybridized carbons (Fsp3) is 0.923. The van der Waals surface area contributed by atoms with Gasteiger partial charge in [-0.3, -0.25) is 4.79 Å². The van der Waals surface area contributed by atoms with Crippen LogP contribution in [0.5, 0.6) is 0 Å². The minimum Gasteiger partial charge on any atom is -0.328 e. The quantitative estimate of drug-likeness (QED) is 0.565. The van der Waals surface area contributed by atoms with Gasteiger partial charge in [0.1, 0.15) is 5.78 Å². The predicted molar refractivity (Wildman–Crippen MR) is 65.9 cm³/mol. The average Bonchev–Trinajstić information content (AvgIpc) is 2.15. The molecule has 0 aliphatic rings. The molecule has 0 heterocycles. The van der Waals surface area contributed by atoms with Gasteiger partial charge in [0.15, 0.2) is 0 Å². The third-order valence-electron chi connectivity index (χ3n) is 2.61. The first-order valence-corrected chi connectivity index (χ1v) is 6.44. The topological polar surface area (TPSA) is 43.1 Å². The van der Waals surface area contributed by atoms with Crippen molar-refractivity contribution in [1.82, 2.24) is 0 Å². The highest BCUT2D eigenvalue weighted by molar-refractivity contribution is 5.78. The summed E-state index contributed by atoms with van der Waals surface area (Å²) in [6, 6.07) is 0.0297. The highest BCUT2D eigenvalue weighted by Gasteiger charge is 2.04. The lowest BCUT2D eigenvalue weighted by Gasteiger charge is -2.04. The SMILES string of the molecule is CCCCCCCCCC(=O)CC(C)N. The van der Waals surface area contributed by atoms with Gasteiger partial charge >= 0.3 is 0 Å². The molecule has 15 heavy (non-hydrogen) atoms. The van der Waals surface area contributed by atoms with E-state index in [1.54, 1.807) is 0 Å². The first kappa shape index (κ1) is 14.6. The monoisotopic (exact) mass is 213 g/mol. The van der Waals surface area contributed by atoms with Crippen molar-refractivity contribution in [2.24, 2.45) is 5.73 Å². The van der Waals surface area contributed by atoms with Gasteiger partial charge in [-0.15, -0.1) is 0 Å². The molecule has 0 saturated heterocycles. The summed E-state index contributed by atoms with van der Waals surface area (Å²) in [6.07, 6.45) is 10.2. The molecule has 0 amide bonds. The van der Waals surface area contributed by atoms with E-state index >= 15 is 0 Å². The van der Waals surface area contributed by atoms with Gasteiger partial charge in [0, 0.05) is 18.9 Å². The Bertz CT molecular complexity index is 155. The summed E-state index contributed by atoms with van der Waals surface area (Å²) in [7, 11) is 0. The smallest absolute Gasteiger partial charge is 0.134 e. The second-order valence-electron chi connectivity index (χ2n) is 4.59. The molecule has 0 radical (unpaired) electrons. The van der Waals surface area contributed by atoms with E-state index in [1.807, 2.05) is 6.92 Å². The molecule has 2 heteroatoms. The molecule has 0 aromatic rings. The minimum absolute atomic E-state index is 0.0297. The number of unbranched alkanes of at least 4 members (excludes halogenated alkanes) is 6. The maximum absolute atomic E-state index is 11.3.